The quantitative estimate of drug-likeness (QED) is 0.753. The van der Waals surface area contributed by atoms with Gasteiger partial charge in [-0.05, 0) is 44.2 Å². The lowest BCUT2D eigenvalue weighted by atomic mass is 10.2. The van der Waals surface area contributed by atoms with Crippen LogP contribution in [-0.4, -0.2) is 13.3 Å². The summed E-state index contributed by atoms with van der Waals surface area (Å²) in [7, 11) is 1.65. The van der Waals surface area contributed by atoms with Gasteiger partial charge in [0, 0.05) is 11.8 Å². The van der Waals surface area contributed by atoms with E-state index in [0.717, 1.165) is 28.5 Å². The molecule has 2 rings (SSSR count). The second-order valence-electron chi connectivity index (χ2n) is 3.82. The van der Waals surface area contributed by atoms with Crippen LogP contribution in [0, 0.1) is 13.8 Å². The maximum atomic E-state index is 5.43. The smallest absolute Gasteiger partial charge is 0.119 e. The van der Waals surface area contributed by atoms with Crippen LogP contribution in [0.2, 0.25) is 0 Å². The van der Waals surface area contributed by atoms with Crippen molar-refractivity contribution in [2.45, 2.75) is 13.8 Å². The van der Waals surface area contributed by atoms with Crippen LogP contribution in [0.3, 0.4) is 0 Å². The standard InChI is InChI=1S/C14H15NO2/c1-10-8-12(11(2)17-10)9-15-13-4-6-14(16-3)7-5-13/h4-9H,1-3H3. The molecule has 1 heterocycles. The van der Waals surface area contributed by atoms with E-state index in [9.17, 15) is 0 Å². The van der Waals surface area contributed by atoms with Crippen LogP contribution >= 0.6 is 0 Å². The van der Waals surface area contributed by atoms with E-state index < -0.39 is 0 Å². The molecule has 3 heteroatoms. The number of furan rings is 1. The summed E-state index contributed by atoms with van der Waals surface area (Å²) in [6.45, 7) is 3.86. The molecule has 88 valence electrons. The summed E-state index contributed by atoms with van der Waals surface area (Å²) < 4.78 is 10.5. The summed E-state index contributed by atoms with van der Waals surface area (Å²) in [6.07, 6.45) is 1.81. The molecule has 0 N–H and O–H groups in total. The van der Waals surface area contributed by atoms with Gasteiger partial charge in [0.2, 0.25) is 0 Å². The topological polar surface area (TPSA) is 34.7 Å². The Bertz CT molecular complexity index is 524. The summed E-state index contributed by atoms with van der Waals surface area (Å²) in [5, 5.41) is 0. The maximum Gasteiger partial charge on any atom is 0.119 e. The molecule has 0 saturated carbocycles. The van der Waals surface area contributed by atoms with E-state index in [4.69, 9.17) is 9.15 Å². The maximum absolute atomic E-state index is 5.43. The first-order chi connectivity index (χ1) is 8.19. The van der Waals surface area contributed by atoms with Crippen LogP contribution < -0.4 is 4.74 Å². The fraction of sp³-hybridized carbons (Fsp3) is 0.214. The highest BCUT2D eigenvalue weighted by molar-refractivity contribution is 5.83. The number of rotatable bonds is 3. The number of ether oxygens (including phenoxy) is 1. The first-order valence-electron chi connectivity index (χ1n) is 5.44. The van der Waals surface area contributed by atoms with Gasteiger partial charge < -0.3 is 9.15 Å². The van der Waals surface area contributed by atoms with E-state index in [2.05, 4.69) is 4.99 Å². The van der Waals surface area contributed by atoms with E-state index in [0.29, 0.717) is 0 Å². The number of methoxy groups -OCH3 is 1. The average molecular weight is 229 g/mol. The van der Waals surface area contributed by atoms with Crippen LogP contribution in [0.4, 0.5) is 5.69 Å². The van der Waals surface area contributed by atoms with E-state index >= 15 is 0 Å². The third kappa shape index (κ3) is 2.75. The number of aliphatic imine (C=N–C) groups is 1. The molecular weight excluding hydrogens is 214 g/mol. The average Bonchev–Trinajstić information content (AvgIpc) is 2.66. The molecule has 1 aromatic heterocycles. The zero-order valence-electron chi connectivity index (χ0n) is 10.2. The highest BCUT2D eigenvalue weighted by atomic mass is 16.5. The van der Waals surface area contributed by atoms with Gasteiger partial charge in [-0.15, -0.1) is 0 Å². The zero-order chi connectivity index (χ0) is 12.3. The molecule has 0 aliphatic carbocycles. The monoisotopic (exact) mass is 229 g/mol. The number of hydrogen-bond acceptors (Lipinski definition) is 3. The van der Waals surface area contributed by atoms with Gasteiger partial charge in [-0.3, -0.25) is 4.99 Å². The Kier molecular flexibility index (Phi) is 3.28. The number of benzene rings is 1. The van der Waals surface area contributed by atoms with Gasteiger partial charge in [0.1, 0.15) is 17.3 Å². The van der Waals surface area contributed by atoms with Crippen molar-refractivity contribution in [3.05, 3.63) is 47.4 Å². The van der Waals surface area contributed by atoms with E-state index in [1.165, 1.54) is 0 Å². The molecule has 3 nitrogen and oxygen atoms in total. The van der Waals surface area contributed by atoms with Crippen molar-refractivity contribution < 1.29 is 9.15 Å². The molecule has 0 unspecified atom stereocenters. The minimum Gasteiger partial charge on any atom is -0.497 e. The Morgan fingerprint density at radius 2 is 1.88 bits per heavy atom. The van der Waals surface area contributed by atoms with Gasteiger partial charge in [-0.2, -0.15) is 0 Å². The fourth-order valence-electron chi connectivity index (χ4n) is 1.59. The van der Waals surface area contributed by atoms with Gasteiger partial charge in [-0.25, -0.2) is 0 Å². The molecule has 0 amide bonds. The van der Waals surface area contributed by atoms with Crippen molar-refractivity contribution >= 4 is 11.9 Å². The Hall–Kier alpha value is -2.03. The highest BCUT2D eigenvalue weighted by Gasteiger charge is 2.00. The summed E-state index contributed by atoms with van der Waals surface area (Å²) in [4.78, 5) is 4.39. The van der Waals surface area contributed by atoms with Gasteiger partial charge >= 0.3 is 0 Å². The van der Waals surface area contributed by atoms with Crippen molar-refractivity contribution in [2.75, 3.05) is 7.11 Å². The number of aryl methyl sites for hydroxylation is 2. The van der Waals surface area contributed by atoms with Crippen LogP contribution in [0.25, 0.3) is 0 Å². The van der Waals surface area contributed by atoms with Crippen LogP contribution in [0.5, 0.6) is 5.75 Å². The first-order valence-corrected chi connectivity index (χ1v) is 5.44. The van der Waals surface area contributed by atoms with Gasteiger partial charge in [-0.1, -0.05) is 0 Å². The van der Waals surface area contributed by atoms with Gasteiger partial charge in [0.05, 0.1) is 12.8 Å². The van der Waals surface area contributed by atoms with Crippen molar-refractivity contribution in [1.82, 2.24) is 0 Å². The third-order valence-corrected chi connectivity index (χ3v) is 2.50. The molecular formula is C14H15NO2. The minimum absolute atomic E-state index is 0.833. The Balaban J connectivity index is 2.17. The second kappa shape index (κ2) is 4.87. The molecule has 17 heavy (non-hydrogen) atoms. The predicted molar refractivity (Wildman–Crippen MR) is 68.4 cm³/mol. The molecule has 0 spiro atoms. The van der Waals surface area contributed by atoms with Crippen LogP contribution in [0.1, 0.15) is 17.1 Å². The zero-order valence-corrected chi connectivity index (χ0v) is 10.2. The largest absolute Gasteiger partial charge is 0.497 e. The Morgan fingerprint density at radius 3 is 2.41 bits per heavy atom. The first kappa shape index (κ1) is 11.5. The predicted octanol–water partition coefficient (Wildman–Crippen LogP) is 3.66. The lowest BCUT2D eigenvalue weighted by molar-refractivity contribution is 0.415. The Morgan fingerprint density at radius 1 is 1.18 bits per heavy atom. The van der Waals surface area contributed by atoms with Gasteiger partial charge in [0.15, 0.2) is 0 Å². The van der Waals surface area contributed by atoms with Crippen molar-refractivity contribution in [3.8, 4) is 5.75 Å². The molecule has 0 radical (unpaired) electrons. The van der Waals surface area contributed by atoms with Crippen molar-refractivity contribution in [2.24, 2.45) is 4.99 Å². The Labute approximate surface area is 101 Å². The number of nitrogens with zero attached hydrogens (tertiary/aromatic N) is 1. The van der Waals surface area contributed by atoms with Gasteiger partial charge in [0.25, 0.3) is 0 Å². The lowest BCUT2D eigenvalue weighted by Crippen LogP contribution is -1.81. The van der Waals surface area contributed by atoms with E-state index in [1.807, 2.05) is 50.4 Å². The molecule has 0 saturated heterocycles. The molecule has 0 aliphatic rings. The molecule has 0 aliphatic heterocycles. The lowest BCUT2D eigenvalue weighted by Gasteiger charge is -1.98. The SMILES string of the molecule is COc1ccc(N=Cc2cc(C)oc2C)cc1. The van der Waals surface area contributed by atoms with Crippen LogP contribution in [0.15, 0.2) is 39.7 Å². The summed E-state index contributed by atoms with van der Waals surface area (Å²) >= 11 is 0. The van der Waals surface area contributed by atoms with Crippen molar-refractivity contribution in [1.29, 1.82) is 0 Å². The normalized spacial score (nSPS) is 11.0. The van der Waals surface area contributed by atoms with E-state index in [-0.39, 0.29) is 0 Å². The summed E-state index contributed by atoms with van der Waals surface area (Å²) in [5.41, 5.74) is 1.90. The molecule has 0 bridgehead atoms. The van der Waals surface area contributed by atoms with E-state index in [1.54, 1.807) is 7.11 Å². The van der Waals surface area contributed by atoms with Crippen molar-refractivity contribution in [3.63, 3.8) is 0 Å². The van der Waals surface area contributed by atoms with Crippen LogP contribution in [-0.2, 0) is 0 Å². The molecule has 0 fully saturated rings. The fourth-order valence-corrected chi connectivity index (χ4v) is 1.59. The molecule has 1 aromatic carbocycles. The number of hydrogen-bond donors (Lipinski definition) is 0. The summed E-state index contributed by atoms with van der Waals surface area (Å²) in [6, 6.07) is 9.58. The summed E-state index contributed by atoms with van der Waals surface area (Å²) in [5.74, 6) is 2.62. The minimum atomic E-state index is 0.833. The highest BCUT2D eigenvalue weighted by Crippen LogP contribution is 2.18. The molecule has 2 aromatic rings. The molecule has 0 atom stereocenters. The second-order valence-corrected chi connectivity index (χ2v) is 3.82. The third-order valence-electron chi connectivity index (χ3n) is 2.50.